The van der Waals surface area contributed by atoms with Crippen molar-refractivity contribution in [2.45, 2.75) is 55.4 Å². The monoisotopic (exact) mass is 662 g/mol. The summed E-state index contributed by atoms with van der Waals surface area (Å²) in [5, 5.41) is 0. The summed E-state index contributed by atoms with van der Waals surface area (Å²) in [5.41, 5.74) is 17.0. The van der Waals surface area contributed by atoms with Crippen LogP contribution in [0.5, 0.6) is 0 Å². The van der Waals surface area contributed by atoms with Crippen molar-refractivity contribution in [2.24, 2.45) is 9.98 Å². The molecule has 0 amide bonds. The Kier molecular flexibility index (Phi) is 11.5. The topological polar surface area (TPSA) is 38.8 Å². The number of aryl methyl sites for hydroxylation is 6. The quantitative estimate of drug-likeness (QED) is 0.132. The van der Waals surface area contributed by atoms with Gasteiger partial charge in [-0.2, -0.15) is 0 Å². The average molecular weight is 663 g/mol. The number of hydrogen-bond donors (Lipinski definition) is 0. The number of aliphatic imine (C=N–C) groups is 2. The van der Waals surface area contributed by atoms with Gasteiger partial charge in [-0.25, -0.2) is 9.98 Å². The van der Waals surface area contributed by atoms with Gasteiger partial charge in [-0.1, -0.05) is 107 Å². The molecule has 0 aliphatic rings. The Labute approximate surface area is 277 Å². The second-order valence-electron chi connectivity index (χ2n) is 11.3. The van der Waals surface area contributed by atoms with E-state index in [1.165, 1.54) is 11.1 Å². The molecule has 0 unspecified atom stereocenters. The molecule has 0 saturated heterocycles. The molecule has 44 heavy (non-hydrogen) atoms. The van der Waals surface area contributed by atoms with Crippen molar-refractivity contribution in [1.29, 1.82) is 0 Å². The molecular weight excluding hydrogens is 625 g/mol. The van der Waals surface area contributed by atoms with E-state index in [9.17, 15) is 0 Å². The molecule has 0 aliphatic carbocycles. The number of benzene rings is 4. The van der Waals surface area contributed by atoms with Crippen LogP contribution in [0.3, 0.4) is 0 Å². The summed E-state index contributed by atoms with van der Waals surface area (Å²) in [4.78, 5) is 16.0. The van der Waals surface area contributed by atoms with Crippen LogP contribution in [0, 0.1) is 55.4 Å². The number of rotatable bonds is 6. The van der Waals surface area contributed by atoms with Gasteiger partial charge in [-0.05, 0) is 88.8 Å². The summed E-state index contributed by atoms with van der Waals surface area (Å²) in [6.07, 6.45) is 0. The van der Waals surface area contributed by atoms with Gasteiger partial charge >= 0.3 is 33.3 Å². The van der Waals surface area contributed by atoms with Crippen LogP contribution in [-0.2, 0) is 13.1 Å². The van der Waals surface area contributed by atoms with Crippen LogP contribution in [0.2, 0.25) is 0 Å². The van der Waals surface area contributed by atoms with Crippen molar-refractivity contribution in [3.05, 3.63) is 152 Å². The van der Waals surface area contributed by atoms with Gasteiger partial charge in [-0.3, -0.25) is 0 Å². The Balaban J connectivity index is 0.00000141. The standard InChI is InChI=1S/C38H38N3.2ClH.Fe/c1-23-19-25(3)33(26(4)20-23)39-37(31-15-11-9-12-16-31)35-29(7)30(8)36(41-35)38(32-17-13-10-14-18-32)40-34-27(5)21-24(2)22-28(34)6;;;/h9-22H,1-8H3;2*1H;/q-1;;;+3/p-2. The minimum absolute atomic E-state index is 0.194. The molecule has 0 aliphatic heterocycles. The first-order chi connectivity index (χ1) is 21.0. The SMILES string of the molecule is Cc1cc(C)c(N=C(c2ccccc2)c2[n-]c(C(=Nc3c(C)cc(C)cc3C)c3ccccc3)c(C)c2C)c(C)c1.[Cl][Fe+][Cl]. The predicted octanol–water partition coefficient (Wildman–Crippen LogP) is 10.8. The fraction of sp³-hybridized carbons (Fsp3) is 0.211. The summed E-state index contributed by atoms with van der Waals surface area (Å²) in [5.74, 6) is 0. The van der Waals surface area contributed by atoms with Crippen LogP contribution in [0.25, 0.3) is 0 Å². The maximum atomic E-state index is 5.35. The van der Waals surface area contributed by atoms with Gasteiger partial charge in [0.05, 0.1) is 22.8 Å². The zero-order valence-corrected chi connectivity index (χ0v) is 29.2. The molecule has 3 nitrogen and oxygen atoms in total. The first kappa shape index (κ1) is 33.5. The van der Waals surface area contributed by atoms with Crippen LogP contribution >= 0.6 is 20.2 Å². The van der Waals surface area contributed by atoms with Crippen LogP contribution < -0.4 is 4.98 Å². The van der Waals surface area contributed by atoms with E-state index >= 15 is 0 Å². The van der Waals surface area contributed by atoms with Gasteiger partial charge in [0, 0.05) is 0 Å². The van der Waals surface area contributed by atoms with Crippen molar-refractivity contribution >= 4 is 43.0 Å². The molecule has 227 valence electrons. The fourth-order valence-corrected chi connectivity index (χ4v) is 5.72. The molecule has 0 N–H and O–H groups in total. The van der Waals surface area contributed by atoms with Crippen molar-refractivity contribution < 1.29 is 13.1 Å². The van der Waals surface area contributed by atoms with Gasteiger partial charge in [0.25, 0.3) is 0 Å². The molecule has 0 spiro atoms. The second kappa shape index (κ2) is 15.1. The first-order valence-corrected chi connectivity index (χ1v) is 17.5. The van der Waals surface area contributed by atoms with E-state index < -0.39 is 0 Å². The third-order valence-electron chi connectivity index (χ3n) is 7.76. The number of hydrogen-bond acceptors (Lipinski definition) is 2. The van der Waals surface area contributed by atoms with E-state index in [0.717, 1.165) is 78.7 Å². The Morgan fingerprint density at radius 1 is 0.523 bits per heavy atom. The van der Waals surface area contributed by atoms with E-state index in [4.69, 9.17) is 35.2 Å². The first-order valence-electron chi connectivity index (χ1n) is 14.5. The van der Waals surface area contributed by atoms with Gasteiger partial charge in [0.15, 0.2) is 0 Å². The molecule has 0 radical (unpaired) electrons. The summed E-state index contributed by atoms with van der Waals surface area (Å²) in [7, 11) is 9.53. The number of aromatic nitrogens is 1. The van der Waals surface area contributed by atoms with E-state index in [2.05, 4.69) is 128 Å². The van der Waals surface area contributed by atoms with Gasteiger partial charge in [0.2, 0.25) is 0 Å². The third kappa shape index (κ3) is 7.62. The minimum atomic E-state index is 0.194. The van der Waals surface area contributed by atoms with Crippen molar-refractivity contribution in [2.75, 3.05) is 0 Å². The fourth-order valence-electron chi connectivity index (χ4n) is 5.72. The van der Waals surface area contributed by atoms with Crippen molar-refractivity contribution in [3.63, 3.8) is 0 Å². The molecule has 5 rings (SSSR count). The van der Waals surface area contributed by atoms with Crippen LogP contribution in [-0.4, -0.2) is 11.4 Å². The molecule has 0 bridgehead atoms. The predicted molar refractivity (Wildman–Crippen MR) is 186 cm³/mol. The Bertz CT molecular complexity index is 1640. The summed E-state index contributed by atoms with van der Waals surface area (Å²) >= 11 is 0.194. The van der Waals surface area contributed by atoms with Crippen molar-refractivity contribution in [3.8, 4) is 0 Å². The zero-order chi connectivity index (χ0) is 32.0. The molecule has 1 heterocycles. The summed E-state index contributed by atoms with van der Waals surface area (Å²) in [6, 6.07) is 29.6. The Morgan fingerprint density at radius 3 is 1.11 bits per heavy atom. The third-order valence-corrected chi connectivity index (χ3v) is 7.76. The zero-order valence-electron chi connectivity index (χ0n) is 26.5. The van der Waals surface area contributed by atoms with E-state index in [1.807, 2.05) is 12.1 Å². The summed E-state index contributed by atoms with van der Waals surface area (Å²) < 4.78 is 0. The van der Waals surface area contributed by atoms with E-state index in [1.54, 1.807) is 0 Å². The Morgan fingerprint density at radius 2 is 0.818 bits per heavy atom. The Hall–Kier alpha value is -3.40. The normalized spacial score (nSPS) is 11.8. The molecule has 4 aromatic carbocycles. The molecule has 0 fully saturated rings. The van der Waals surface area contributed by atoms with Gasteiger partial charge < -0.3 is 4.98 Å². The van der Waals surface area contributed by atoms with Crippen LogP contribution in [0.15, 0.2) is 94.9 Å². The van der Waals surface area contributed by atoms with Gasteiger partial charge in [-0.15, -0.1) is 11.4 Å². The summed E-state index contributed by atoms with van der Waals surface area (Å²) in [6.45, 7) is 17.1. The van der Waals surface area contributed by atoms with Crippen LogP contribution in [0.1, 0.15) is 67.0 Å². The molecule has 1 aromatic heterocycles. The molecule has 5 aromatic rings. The van der Waals surface area contributed by atoms with Gasteiger partial charge in [0.1, 0.15) is 0 Å². The van der Waals surface area contributed by atoms with Crippen molar-refractivity contribution in [1.82, 2.24) is 4.98 Å². The maximum absolute atomic E-state index is 5.35. The molecule has 0 atom stereocenters. The molecular formula is C38H38Cl2FeN3. The molecule has 0 saturated carbocycles. The van der Waals surface area contributed by atoms with Crippen LogP contribution in [0.4, 0.5) is 11.4 Å². The van der Waals surface area contributed by atoms with E-state index in [-0.39, 0.29) is 13.1 Å². The van der Waals surface area contributed by atoms with E-state index in [0.29, 0.717) is 0 Å². The second-order valence-corrected chi connectivity index (χ2v) is 13.1. The molecule has 6 heteroatoms. The number of halogens is 2. The average Bonchev–Trinajstić information content (AvgIpc) is 3.27. The number of nitrogens with zero attached hydrogens (tertiary/aromatic N) is 3.